The lowest BCUT2D eigenvalue weighted by Crippen LogP contribution is -2.38. The zero-order valence-electron chi connectivity index (χ0n) is 15.0. The molecule has 2 aromatic rings. The van der Waals surface area contributed by atoms with Gasteiger partial charge in [-0.05, 0) is 44.2 Å². The predicted molar refractivity (Wildman–Crippen MR) is 94.5 cm³/mol. The number of aromatic hydroxyl groups is 2. The topological polar surface area (TPSA) is 109 Å². The van der Waals surface area contributed by atoms with Crippen LogP contribution >= 0.6 is 0 Å². The summed E-state index contributed by atoms with van der Waals surface area (Å²) in [6.07, 6.45) is 4.29. The van der Waals surface area contributed by atoms with Crippen LogP contribution in [0.25, 0.3) is 0 Å². The second-order valence-corrected chi connectivity index (χ2v) is 7.08. The third kappa shape index (κ3) is 3.62. The highest BCUT2D eigenvalue weighted by Crippen LogP contribution is 2.35. The largest absolute Gasteiger partial charge is 0.508 e. The Morgan fingerprint density at radius 2 is 1.85 bits per heavy atom. The minimum atomic E-state index is -0.305. The van der Waals surface area contributed by atoms with Crippen molar-refractivity contribution < 1.29 is 24.2 Å². The zero-order chi connectivity index (χ0) is 18.8. The van der Waals surface area contributed by atoms with Gasteiger partial charge in [0.15, 0.2) is 0 Å². The molecule has 8 heteroatoms. The van der Waals surface area contributed by atoms with Crippen molar-refractivity contribution >= 4 is 5.91 Å². The van der Waals surface area contributed by atoms with Crippen molar-refractivity contribution in [3.8, 4) is 11.5 Å². The van der Waals surface area contributed by atoms with Crippen molar-refractivity contribution in [1.82, 2.24) is 15.1 Å². The summed E-state index contributed by atoms with van der Waals surface area (Å²) in [6.45, 7) is 1.94. The molecule has 1 aromatic carbocycles. The average Bonchev–Trinajstić information content (AvgIpc) is 3.18. The van der Waals surface area contributed by atoms with Gasteiger partial charge in [-0.15, -0.1) is 10.2 Å². The van der Waals surface area contributed by atoms with E-state index in [9.17, 15) is 15.0 Å². The van der Waals surface area contributed by atoms with Gasteiger partial charge in [0.2, 0.25) is 11.8 Å². The van der Waals surface area contributed by atoms with Gasteiger partial charge >= 0.3 is 0 Å². The normalized spacial score (nSPS) is 21.3. The van der Waals surface area contributed by atoms with Crippen LogP contribution in [0.15, 0.2) is 22.6 Å². The lowest BCUT2D eigenvalue weighted by Gasteiger charge is -2.33. The quantitative estimate of drug-likeness (QED) is 0.851. The molecule has 2 fully saturated rings. The number of benzene rings is 1. The number of nitrogens with zero attached hydrogens (tertiary/aromatic N) is 3. The van der Waals surface area contributed by atoms with Crippen LogP contribution in [0, 0.1) is 0 Å². The molecule has 3 heterocycles. The molecule has 8 nitrogen and oxygen atoms in total. The number of piperidine rings is 1. The van der Waals surface area contributed by atoms with Crippen LogP contribution in [-0.2, 0) is 4.74 Å². The van der Waals surface area contributed by atoms with Gasteiger partial charge in [-0.2, -0.15) is 0 Å². The summed E-state index contributed by atoms with van der Waals surface area (Å²) in [5.41, 5.74) is 0.156. The smallest absolute Gasteiger partial charge is 0.258 e. The van der Waals surface area contributed by atoms with Crippen molar-refractivity contribution in [1.29, 1.82) is 0 Å². The molecular formula is C19H23N3O5. The first-order valence-corrected chi connectivity index (χ1v) is 9.37. The number of ether oxygens (including phenoxy) is 1. The molecule has 1 aromatic heterocycles. The van der Waals surface area contributed by atoms with Gasteiger partial charge in [0, 0.05) is 31.7 Å². The third-order valence-electron chi connectivity index (χ3n) is 5.29. The maximum Gasteiger partial charge on any atom is 0.258 e. The SMILES string of the molecule is O=C(c1ccc(O)cc1O)N1CCCCC1c1nnc(C2CCOCC2)o1. The maximum atomic E-state index is 13.0. The molecule has 0 bridgehead atoms. The molecule has 0 aliphatic carbocycles. The van der Waals surface area contributed by atoms with Crippen molar-refractivity contribution in [3.63, 3.8) is 0 Å². The molecular weight excluding hydrogens is 350 g/mol. The molecule has 0 saturated carbocycles. The van der Waals surface area contributed by atoms with E-state index in [1.54, 1.807) is 4.90 Å². The number of hydrogen-bond acceptors (Lipinski definition) is 7. The molecule has 0 spiro atoms. The molecule has 1 atom stereocenters. The highest BCUT2D eigenvalue weighted by molar-refractivity contribution is 5.97. The maximum absolute atomic E-state index is 13.0. The van der Waals surface area contributed by atoms with Crippen molar-refractivity contribution in [3.05, 3.63) is 35.5 Å². The van der Waals surface area contributed by atoms with Crippen LogP contribution in [-0.4, -0.2) is 51.0 Å². The number of hydrogen-bond donors (Lipinski definition) is 2. The fourth-order valence-electron chi connectivity index (χ4n) is 3.78. The number of phenols is 2. The third-order valence-corrected chi connectivity index (χ3v) is 5.29. The lowest BCUT2D eigenvalue weighted by atomic mass is 10.00. The van der Waals surface area contributed by atoms with Gasteiger partial charge in [-0.1, -0.05) is 0 Å². The van der Waals surface area contributed by atoms with Gasteiger partial charge in [0.1, 0.15) is 17.5 Å². The van der Waals surface area contributed by atoms with E-state index >= 15 is 0 Å². The summed E-state index contributed by atoms with van der Waals surface area (Å²) in [5.74, 6) is 0.633. The number of amides is 1. The summed E-state index contributed by atoms with van der Waals surface area (Å²) in [4.78, 5) is 14.7. The minimum Gasteiger partial charge on any atom is -0.508 e. The van der Waals surface area contributed by atoms with E-state index in [2.05, 4.69) is 10.2 Å². The molecule has 2 saturated heterocycles. The van der Waals surface area contributed by atoms with Crippen LogP contribution < -0.4 is 0 Å². The monoisotopic (exact) mass is 373 g/mol. The molecule has 4 rings (SSSR count). The van der Waals surface area contributed by atoms with Gasteiger partial charge in [-0.3, -0.25) is 4.79 Å². The van der Waals surface area contributed by atoms with E-state index < -0.39 is 0 Å². The molecule has 1 unspecified atom stereocenters. The molecule has 2 aliphatic heterocycles. The van der Waals surface area contributed by atoms with Crippen molar-refractivity contribution in [2.24, 2.45) is 0 Å². The predicted octanol–water partition coefficient (Wildman–Crippen LogP) is 2.74. The van der Waals surface area contributed by atoms with Gasteiger partial charge in [-0.25, -0.2) is 0 Å². The number of carbonyl (C=O) groups is 1. The first-order valence-electron chi connectivity index (χ1n) is 9.37. The Balaban J connectivity index is 1.57. The van der Waals surface area contributed by atoms with Gasteiger partial charge < -0.3 is 24.3 Å². The number of likely N-dealkylation sites (tertiary alicyclic amines) is 1. The second kappa shape index (κ2) is 7.56. The van der Waals surface area contributed by atoms with Crippen LogP contribution in [0.3, 0.4) is 0 Å². The zero-order valence-corrected chi connectivity index (χ0v) is 15.0. The second-order valence-electron chi connectivity index (χ2n) is 7.08. The number of phenolic OH excluding ortho intramolecular Hbond substituents is 2. The highest BCUT2D eigenvalue weighted by atomic mass is 16.5. The van der Waals surface area contributed by atoms with Crippen molar-refractivity contribution in [2.75, 3.05) is 19.8 Å². The number of rotatable bonds is 3. The Morgan fingerprint density at radius 3 is 2.63 bits per heavy atom. The minimum absolute atomic E-state index is 0.0859. The van der Waals surface area contributed by atoms with E-state index in [1.165, 1.54) is 18.2 Å². The van der Waals surface area contributed by atoms with E-state index in [4.69, 9.17) is 9.15 Å². The van der Waals surface area contributed by atoms with Crippen molar-refractivity contribution in [2.45, 2.75) is 44.1 Å². The van der Waals surface area contributed by atoms with E-state index in [0.29, 0.717) is 31.5 Å². The molecule has 1 amide bonds. The number of carbonyl (C=O) groups excluding carboxylic acids is 1. The fourth-order valence-corrected chi connectivity index (χ4v) is 3.78. The first-order chi connectivity index (χ1) is 13.1. The average molecular weight is 373 g/mol. The van der Waals surface area contributed by atoms with E-state index in [0.717, 1.165) is 32.1 Å². The number of aromatic nitrogens is 2. The Hall–Kier alpha value is -2.61. The van der Waals surface area contributed by atoms with Crippen LogP contribution in [0.2, 0.25) is 0 Å². The fraction of sp³-hybridized carbons (Fsp3) is 0.526. The summed E-state index contributed by atoms with van der Waals surface area (Å²) in [5, 5.41) is 28.0. The highest BCUT2D eigenvalue weighted by Gasteiger charge is 2.34. The van der Waals surface area contributed by atoms with E-state index in [1.807, 2.05) is 0 Å². The summed E-state index contributed by atoms with van der Waals surface area (Å²) < 4.78 is 11.3. The van der Waals surface area contributed by atoms with Crippen LogP contribution in [0.1, 0.15) is 66.2 Å². The molecule has 2 aliphatic rings. The van der Waals surface area contributed by atoms with Gasteiger partial charge in [0.05, 0.1) is 5.56 Å². The first kappa shape index (κ1) is 17.8. The Morgan fingerprint density at radius 1 is 1.07 bits per heavy atom. The summed E-state index contributed by atoms with van der Waals surface area (Å²) in [7, 11) is 0. The standard InChI is InChI=1S/C19H23N3O5/c23-13-4-5-14(16(24)11-13)19(25)22-8-2-1-3-15(22)18-21-20-17(27-18)12-6-9-26-10-7-12/h4-5,11-12,15,23-24H,1-3,6-10H2. The van der Waals surface area contributed by atoms with Crippen LogP contribution in [0.5, 0.6) is 11.5 Å². The molecule has 0 radical (unpaired) electrons. The summed E-state index contributed by atoms with van der Waals surface area (Å²) in [6, 6.07) is 3.68. The molecule has 27 heavy (non-hydrogen) atoms. The Labute approximate surface area is 156 Å². The van der Waals surface area contributed by atoms with Gasteiger partial charge in [0.25, 0.3) is 5.91 Å². The van der Waals surface area contributed by atoms with E-state index in [-0.39, 0.29) is 34.9 Å². The molecule has 2 N–H and O–H groups in total. The summed E-state index contributed by atoms with van der Waals surface area (Å²) >= 11 is 0. The molecule has 144 valence electrons. The lowest BCUT2D eigenvalue weighted by molar-refractivity contribution is 0.0558. The van der Waals surface area contributed by atoms with Crippen LogP contribution in [0.4, 0.5) is 0 Å². The Kier molecular flexibility index (Phi) is 4.98. The Bertz CT molecular complexity index is 815.